The molecule has 2 aromatic heterocycles. The maximum absolute atomic E-state index is 12.3. The van der Waals surface area contributed by atoms with Gasteiger partial charge in [-0.1, -0.05) is 13.8 Å². The molecule has 1 fully saturated rings. The smallest absolute Gasteiger partial charge is 0.228 e. The Hall–Kier alpha value is -2.02. The van der Waals surface area contributed by atoms with Crippen molar-refractivity contribution in [3.63, 3.8) is 0 Å². The van der Waals surface area contributed by atoms with Crippen LogP contribution in [-0.2, 0) is 4.79 Å². The van der Waals surface area contributed by atoms with Gasteiger partial charge in [-0.05, 0) is 18.9 Å². The molecule has 116 valence electrons. The average Bonchev–Trinajstić information content (AvgIpc) is 3.16. The highest BCUT2D eigenvalue weighted by Crippen LogP contribution is 2.34. The summed E-state index contributed by atoms with van der Waals surface area (Å²) in [6, 6.07) is 1.87. The van der Waals surface area contributed by atoms with E-state index in [1.165, 1.54) is 11.3 Å². The Balaban J connectivity index is 1.74. The highest BCUT2D eigenvalue weighted by atomic mass is 32.1. The van der Waals surface area contributed by atoms with Crippen molar-refractivity contribution >= 4 is 28.3 Å². The topological polar surface area (TPSA) is 71.0 Å². The Labute approximate surface area is 133 Å². The third kappa shape index (κ3) is 3.09. The van der Waals surface area contributed by atoms with Crippen LogP contribution in [0, 0.1) is 5.92 Å². The Morgan fingerprint density at radius 1 is 1.41 bits per heavy atom. The monoisotopic (exact) mass is 317 g/mol. The summed E-state index contributed by atoms with van der Waals surface area (Å²) < 4.78 is 0. The predicted octanol–water partition coefficient (Wildman–Crippen LogP) is 3.00. The van der Waals surface area contributed by atoms with Crippen molar-refractivity contribution in [3.05, 3.63) is 29.5 Å². The van der Waals surface area contributed by atoms with Crippen LogP contribution in [0.3, 0.4) is 0 Å². The fourth-order valence-electron chi connectivity index (χ4n) is 2.63. The number of nitrogens with one attached hydrogen (secondary N) is 1. The molecule has 6 nitrogen and oxygen atoms in total. The molecule has 1 N–H and O–H groups in total. The number of hydrogen-bond acceptors (Lipinski definition) is 6. The van der Waals surface area contributed by atoms with E-state index in [1.54, 1.807) is 18.5 Å². The minimum atomic E-state index is 0.0227. The first-order valence-corrected chi connectivity index (χ1v) is 8.33. The normalized spacial score (nSPS) is 18.0. The van der Waals surface area contributed by atoms with Crippen LogP contribution in [0.2, 0.25) is 0 Å². The molecule has 1 saturated heterocycles. The standard InChI is InChI=1S/C15H19N5OS/c1-10(2)13(21)20-8-3-5-12(20)11-9-22-15(18-11)19-14-16-6-4-7-17-14/h4,6-7,9-10,12H,3,5,8H2,1-2H3,(H,16,17,18,19). The van der Waals surface area contributed by atoms with Gasteiger partial charge in [0.2, 0.25) is 11.9 Å². The van der Waals surface area contributed by atoms with Gasteiger partial charge in [-0.2, -0.15) is 0 Å². The molecule has 0 bridgehead atoms. The molecule has 0 aromatic carbocycles. The van der Waals surface area contributed by atoms with E-state index >= 15 is 0 Å². The summed E-state index contributed by atoms with van der Waals surface area (Å²) in [6.45, 7) is 4.71. The molecule has 1 aliphatic heterocycles. The van der Waals surface area contributed by atoms with E-state index in [9.17, 15) is 4.79 Å². The molecular weight excluding hydrogens is 298 g/mol. The molecule has 3 rings (SSSR count). The second kappa shape index (κ2) is 6.39. The number of likely N-dealkylation sites (tertiary alicyclic amines) is 1. The molecule has 0 radical (unpaired) electrons. The van der Waals surface area contributed by atoms with Gasteiger partial charge in [0.05, 0.1) is 11.7 Å². The first-order chi connectivity index (χ1) is 10.6. The predicted molar refractivity (Wildman–Crippen MR) is 86.0 cm³/mol. The van der Waals surface area contributed by atoms with Gasteiger partial charge in [-0.25, -0.2) is 15.0 Å². The molecule has 2 aromatic rings. The minimum Gasteiger partial charge on any atom is -0.334 e. The van der Waals surface area contributed by atoms with Crippen LogP contribution >= 0.6 is 11.3 Å². The Morgan fingerprint density at radius 2 is 2.18 bits per heavy atom. The lowest BCUT2D eigenvalue weighted by Crippen LogP contribution is -2.33. The van der Waals surface area contributed by atoms with Crippen molar-refractivity contribution in [2.75, 3.05) is 11.9 Å². The van der Waals surface area contributed by atoms with Gasteiger partial charge in [0.15, 0.2) is 5.13 Å². The summed E-state index contributed by atoms with van der Waals surface area (Å²) in [4.78, 5) is 27.1. The summed E-state index contributed by atoms with van der Waals surface area (Å²) in [5.41, 5.74) is 0.954. The van der Waals surface area contributed by atoms with Gasteiger partial charge in [-0.15, -0.1) is 11.3 Å². The van der Waals surface area contributed by atoms with Crippen LogP contribution in [0.4, 0.5) is 11.1 Å². The molecule has 3 heterocycles. The first-order valence-electron chi connectivity index (χ1n) is 7.45. The molecule has 1 unspecified atom stereocenters. The molecule has 7 heteroatoms. The van der Waals surface area contributed by atoms with Gasteiger partial charge < -0.3 is 10.2 Å². The van der Waals surface area contributed by atoms with Crippen molar-refractivity contribution in [2.24, 2.45) is 5.92 Å². The average molecular weight is 317 g/mol. The van der Waals surface area contributed by atoms with Gasteiger partial charge in [0, 0.05) is 30.2 Å². The van der Waals surface area contributed by atoms with Crippen molar-refractivity contribution in [2.45, 2.75) is 32.7 Å². The highest BCUT2D eigenvalue weighted by Gasteiger charge is 2.32. The lowest BCUT2D eigenvalue weighted by atomic mass is 10.1. The van der Waals surface area contributed by atoms with E-state index in [-0.39, 0.29) is 17.9 Å². The maximum Gasteiger partial charge on any atom is 0.228 e. The van der Waals surface area contributed by atoms with Crippen molar-refractivity contribution in [1.82, 2.24) is 19.9 Å². The summed E-state index contributed by atoms with van der Waals surface area (Å²) >= 11 is 1.51. The zero-order valence-electron chi connectivity index (χ0n) is 12.7. The van der Waals surface area contributed by atoms with Crippen LogP contribution in [0.1, 0.15) is 38.4 Å². The zero-order chi connectivity index (χ0) is 15.5. The van der Waals surface area contributed by atoms with E-state index in [0.717, 1.165) is 30.2 Å². The number of aromatic nitrogens is 3. The number of carbonyl (C=O) groups is 1. The quantitative estimate of drug-likeness (QED) is 0.938. The van der Waals surface area contributed by atoms with Crippen LogP contribution in [0.5, 0.6) is 0 Å². The van der Waals surface area contributed by atoms with Crippen molar-refractivity contribution < 1.29 is 4.79 Å². The fraction of sp³-hybridized carbons (Fsp3) is 0.467. The number of nitrogens with zero attached hydrogens (tertiary/aromatic N) is 4. The molecular formula is C15H19N5OS. The first kappa shape index (κ1) is 14.9. The lowest BCUT2D eigenvalue weighted by Gasteiger charge is -2.25. The number of rotatable bonds is 4. The molecule has 0 spiro atoms. The van der Waals surface area contributed by atoms with Crippen LogP contribution in [0.15, 0.2) is 23.8 Å². The van der Waals surface area contributed by atoms with Gasteiger partial charge >= 0.3 is 0 Å². The second-order valence-electron chi connectivity index (χ2n) is 5.62. The highest BCUT2D eigenvalue weighted by molar-refractivity contribution is 7.13. The summed E-state index contributed by atoms with van der Waals surface area (Å²) in [5, 5.41) is 5.87. The molecule has 1 amide bonds. The van der Waals surface area contributed by atoms with Gasteiger partial charge in [0.1, 0.15) is 0 Å². The minimum absolute atomic E-state index is 0.0227. The second-order valence-corrected chi connectivity index (χ2v) is 6.48. The summed E-state index contributed by atoms with van der Waals surface area (Å²) in [5.74, 6) is 0.760. The lowest BCUT2D eigenvalue weighted by molar-refractivity contribution is -0.135. The number of thiazole rings is 1. The number of carbonyl (C=O) groups excluding carboxylic acids is 1. The van der Waals surface area contributed by atoms with E-state index in [0.29, 0.717) is 5.95 Å². The molecule has 1 aliphatic rings. The molecule has 1 atom stereocenters. The van der Waals surface area contributed by atoms with Crippen molar-refractivity contribution in [3.8, 4) is 0 Å². The van der Waals surface area contributed by atoms with E-state index < -0.39 is 0 Å². The molecule has 0 aliphatic carbocycles. The largest absolute Gasteiger partial charge is 0.334 e. The fourth-order valence-corrected chi connectivity index (χ4v) is 3.38. The Morgan fingerprint density at radius 3 is 2.91 bits per heavy atom. The number of amides is 1. The maximum atomic E-state index is 12.3. The van der Waals surface area contributed by atoms with Gasteiger partial charge in [0.25, 0.3) is 0 Å². The van der Waals surface area contributed by atoms with E-state index in [2.05, 4.69) is 20.3 Å². The third-order valence-corrected chi connectivity index (χ3v) is 4.45. The third-order valence-electron chi connectivity index (χ3n) is 3.68. The Bertz CT molecular complexity index is 642. The zero-order valence-corrected chi connectivity index (χ0v) is 13.5. The number of anilines is 2. The van der Waals surface area contributed by atoms with Crippen molar-refractivity contribution in [1.29, 1.82) is 0 Å². The van der Waals surface area contributed by atoms with Crippen LogP contribution in [0.25, 0.3) is 0 Å². The Kier molecular flexibility index (Phi) is 4.33. The summed E-state index contributed by atoms with van der Waals surface area (Å²) in [7, 11) is 0. The van der Waals surface area contributed by atoms with E-state index in [4.69, 9.17) is 0 Å². The van der Waals surface area contributed by atoms with Crippen LogP contribution in [-0.4, -0.2) is 32.3 Å². The van der Waals surface area contributed by atoms with Gasteiger partial charge in [-0.3, -0.25) is 4.79 Å². The van der Waals surface area contributed by atoms with E-state index in [1.807, 2.05) is 24.1 Å². The number of hydrogen-bond donors (Lipinski definition) is 1. The molecule has 22 heavy (non-hydrogen) atoms. The molecule has 0 saturated carbocycles. The summed E-state index contributed by atoms with van der Waals surface area (Å²) in [6.07, 6.45) is 5.38. The van der Waals surface area contributed by atoms with Crippen LogP contribution < -0.4 is 5.32 Å². The SMILES string of the molecule is CC(C)C(=O)N1CCCC1c1csc(Nc2ncccn2)n1.